The van der Waals surface area contributed by atoms with E-state index >= 15 is 0 Å². The Morgan fingerprint density at radius 1 is 1.44 bits per heavy atom. The van der Waals surface area contributed by atoms with Gasteiger partial charge in [-0.1, -0.05) is 0 Å². The summed E-state index contributed by atoms with van der Waals surface area (Å²) >= 11 is 0. The van der Waals surface area contributed by atoms with E-state index in [1.165, 1.54) is 0 Å². The van der Waals surface area contributed by atoms with E-state index in [1.807, 2.05) is 0 Å². The topological polar surface area (TPSA) is 78.9 Å². The van der Waals surface area contributed by atoms with Crippen molar-refractivity contribution in [2.24, 2.45) is 5.92 Å². The molecule has 2 aliphatic rings. The molecule has 0 radical (unpaired) electrons. The third-order valence-electron chi connectivity index (χ3n) is 3.57. The number of amides is 1. The zero-order valence-electron chi connectivity index (χ0n) is 10.4. The fourth-order valence-corrected chi connectivity index (χ4v) is 2.61. The van der Waals surface area contributed by atoms with Crippen molar-refractivity contribution < 1.29 is 19.4 Å². The summed E-state index contributed by atoms with van der Waals surface area (Å²) in [6.07, 6.45) is 1.86. The monoisotopic (exact) mass is 256 g/mol. The maximum absolute atomic E-state index is 12.4. The second kappa shape index (κ2) is 6.15. The zero-order valence-corrected chi connectivity index (χ0v) is 10.4. The van der Waals surface area contributed by atoms with Gasteiger partial charge < -0.3 is 20.1 Å². The first-order valence-corrected chi connectivity index (χ1v) is 6.49. The number of hydrogen-bond donors (Lipinski definition) is 2. The largest absolute Gasteiger partial charge is 0.481 e. The van der Waals surface area contributed by atoms with Gasteiger partial charge in [0.15, 0.2) is 0 Å². The minimum Gasteiger partial charge on any atom is -0.481 e. The highest BCUT2D eigenvalue weighted by Crippen LogP contribution is 2.18. The van der Waals surface area contributed by atoms with E-state index in [4.69, 9.17) is 9.84 Å². The van der Waals surface area contributed by atoms with Crippen molar-refractivity contribution >= 4 is 11.9 Å². The Labute approximate surface area is 106 Å². The summed E-state index contributed by atoms with van der Waals surface area (Å²) in [5.74, 6) is -0.810. The van der Waals surface area contributed by atoms with E-state index in [1.54, 1.807) is 4.90 Å². The van der Waals surface area contributed by atoms with Gasteiger partial charge in [0.25, 0.3) is 0 Å². The van der Waals surface area contributed by atoms with Gasteiger partial charge in [0.05, 0.1) is 31.6 Å². The van der Waals surface area contributed by atoms with E-state index in [0.29, 0.717) is 26.3 Å². The molecule has 2 unspecified atom stereocenters. The number of carboxylic acid groups (broad SMARTS) is 1. The SMILES string of the molecule is O=C(O)CC1COCCN1C(=O)C1CCCNC1. The van der Waals surface area contributed by atoms with Crippen LogP contribution in [0.15, 0.2) is 0 Å². The normalized spacial score (nSPS) is 29.0. The van der Waals surface area contributed by atoms with Gasteiger partial charge in [-0.2, -0.15) is 0 Å². The molecule has 0 aromatic rings. The lowest BCUT2D eigenvalue weighted by Gasteiger charge is -2.37. The van der Waals surface area contributed by atoms with E-state index in [9.17, 15) is 9.59 Å². The molecule has 2 heterocycles. The summed E-state index contributed by atoms with van der Waals surface area (Å²) in [5.41, 5.74) is 0. The summed E-state index contributed by atoms with van der Waals surface area (Å²) < 4.78 is 5.28. The Kier molecular flexibility index (Phi) is 4.54. The van der Waals surface area contributed by atoms with Crippen LogP contribution in [-0.4, -0.2) is 60.8 Å². The van der Waals surface area contributed by atoms with Gasteiger partial charge in [0.1, 0.15) is 0 Å². The minimum atomic E-state index is -0.884. The lowest BCUT2D eigenvalue weighted by Crippen LogP contribution is -2.53. The standard InChI is InChI=1S/C12H20N2O4/c15-11(16)6-10-8-18-5-4-14(10)12(17)9-2-1-3-13-7-9/h9-10,13H,1-8H2,(H,15,16). The molecule has 2 N–H and O–H groups in total. The molecule has 0 aromatic heterocycles. The van der Waals surface area contributed by atoms with Gasteiger partial charge >= 0.3 is 5.97 Å². The molecule has 6 nitrogen and oxygen atoms in total. The Hall–Kier alpha value is -1.14. The number of piperidine rings is 1. The number of nitrogens with one attached hydrogen (secondary N) is 1. The van der Waals surface area contributed by atoms with Crippen molar-refractivity contribution in [1.82, 2.24) is 10.2 Å². The Morgan fingerprint density at radius 2 is 2.28 bits per heavy atom. The third-order valence-corrected chi connectivity index (χ3v) is 3.57. The van der Waals surface area contributed by atoms with Crippen LogP contribution in [0.1, 0.15) is 19.3 Å². The second-order valence-electron chi connectivity index (χ2n) is 4.90. The number of rotatable bonds is 3. The number of carboxylic acids is 1. The predicted octanol–water partition coefficient (Wildman–Crippen LogP) is -0.312. The molecular weight excluding hydrogens is 236 g/mol. The van der Waals surface area contributed by atoms with Crippen LogP contribution < -0.4 is 5.32 Å². The highest BCUT2D eigenvalue weighted by Gasteiger charge is 2.33. The zero-order chi connectivity index (χ0) is 13.0. The predicted molar refractivity (Wildman–Crippen MR) is 64.2 cm³/mol. The average Bonchev–Trinajstić information content (AvgIpc) is 2.39. The van der Waals surface area contributed by atoms with Gasteiger partial charge in [-0.3, -0.25) is 9.59 Å². The average molecular weight is 256 g/mol. The van der Waals surface area contributed by atoms with E-state index < -0.39 is 5.97 Å². The number of carbonyl (C=O) groups is 2. The van der Waals surface area contributed by atoms with Crippen LogP contribution >= 0.6 is 0 Å². The molecule has 18 heavy (non-hydrogen) atoms. The second-order valence-corrected chi connectivity index (χ2v) is 4.90. The number of hydrogen-bond acceptors (Lipinski definition) is 4. The smallest absolute Gasteiger partial charge is 0.305 e. The van der Waals surface area contributed by atoms with Crippen LogP contribution in [0.5, 0.6) is 0 Å². The van der Waals surface area contributed by atoms with Crippen LogP contribution in [0, 0.1) is 5.92 Å². The molecule has 0 saturated carbocycles. The molecule has 0 bridgehead atoms. The first kappa shape index (κ1) is 13.3. The fourth-order valence-electron chi connectivity index (χ4n) is 2.61. The summed E-state index contributed by atoms with van der Waals surface area (Å²) in [6.45, 7) is 3.01. The first-order chi connectivity index (χ1) is 8.68. The van der Waals surface area contributed by atoms with Gasteiger partial charge in [0, 0.05) is 13.1 Å². The molecule has 102 valence electrons. The molecule has 0 aliphatic carbocycles. The minimum absolute atomic E-state index is 0.00635. The Balaban J connectivity index is 1.98. The molecule has 0 spiro atoms. The summed E-state index contributed by atoms with van der Waals surface area (Å²) in [5, 5.41) is 12.1. The lowest BCUT2D eigenvalue weighted by atomic mass is 9.96. The number of morpholine rings is 1. The maximum Gasteiger partial charge on any atom is 0.305 e. The van der Waals surface area contributed by atoms with E-state index in [-0.39, 0.29) is 24.3 Å². The van der Waals surface area contributed by atoms with Crippen molar-refractivity contribution in [3.63, 3.8) is 0 Å². The number of carbonyl (C=O) groups excluding carboxylic acids is 1. The Bertz CT molecular complexity index is 315. The van der Waals surface area contributed by atoms with Crippen LogP contribution in [0.3, 0.4) is 0 Å². The maximum atomic E-state index is 12.4. The molecule has 6 heteroatoms. The van der Waals surface area contributed by atoms with E-state index in [0.717, 1.165) is 19.4 Å². The van der Waals surface area contributed by atoms with Crippen molar-refractivity contribution in [1.29, 1.82) is 0 Å². The van der Waals surface area contributed by atoms with Crippen molar-refractivity contribution in [2.45, 2.75) is 25.3 Å². The van der Waals surface area contributed by atoms with Crippen molar-refractivity contribution in [3.05, 3.63) is 0 Å². The van der Waals surface area contributed by atoms with Gasteiger partial charge in [0.2, 0.25) is 5.91 Å². The molecule has 2 atom stereocenters. The van der Waals surface area contributed by atoms with Crippen molar-refractivity contribution in [2.75, 3.05) is 32.8 Å². The summed E-state index contributed by atoms with van der Waals surface area (Å²) in [6, 6.07) is -0.314. The van der Waals surface area contributed by atoms with Crippen LogP contribution in [0.2, 0.25) is 0 Å². The van der Waals surface area contributed by atoms with Crippen LogP contribution in [-0.2, 0) is 14.3 Å². The van der Waals surface area contributed by atoms with Gasteiger partial charge in [-0.05, 0) is 19.4 Å². The number of aliphatic carboxylic acids is 1. The van der Waals surface area contributed by atoms with Crippen LogP contribution in [0.4, 0.5) is 0 Å². The molecular formula is C12H20N2O4. The van der Waals surface area contributed by atoms with Gasteiger partial charge in [-0.25, -0.2) is 0 Å². The summed E-state index contributed by atoms with van der Waals surface area (Å²) in [7, 11) is 0. The molecule has 1 amide bonds. The van der Waals surface area contributed by atoms with E-state index in [2.05, 4.69) is 5.32 Å². The molecule has 2 aliphatic heterocycles. The molecule has 2 rings (SSSR count). The molecule has 2 fully saturated rings. The molecule has 2 saturated heterocycles. The summed E-state index contributed by atoms with van der Waals surface area (Å²) in [4.78, 5) is 24.9. The van der Waals surface area contributed by atoms with Crippen molar-refractivity contribution in [3.8, 4) is 0 Å². The fraction of sp³-hybridized carbons (Fsp3) is 0.833. The third kappa shape index (κ3) is 3.20. The quantitative estimate of drug-likeness (QED) is 0.724. The number of nitrogens with zero attached hydrogens (tertiary/aromatic N) is 1. The van der Waals surface area contributed by atoms with Gasteiger partial charge in [-0.15, -0.1) is 0 Å². The van der Waals surface area contributed by atoms with Crippen LogP contribution in [0.25, 0.3) is 0 Å². The highest BCUT2D eigenvalue weighted by molar-refractivity contribution is 5.80. The first-order valence-electron chi connectivity index (χ1n) is 6.49. The lowest BCUT2D eigenvalue weighted by molar-refractivity contribution is -0.149. The molecule has 0 aromatic carbocycles. The Morgan fingerprint density at radius 3 is 2.94 bits per heavy atom. The highest BCUT2D eigenvalue weighted by atomic mass is 16.5. The number of ether oxygens (including phenoxy) is 1.